The fraction of sp³-hybridized carbons (Fsp3) is 0.444. The molecule has 2 aromatic rings. The summed E-state index contributed by atoms with van der Waals surface area (Å²) in [5.74, 6) is 0.0425. The van der Waals surface area contributed by atoms with Crippen molar-refractivity contribution in [2.45, 2.75) is 41.3 Å². The third kappa shape index (κ3) is 5.01. The summed E-state index contributed by atoms with van der Waals surface area (Å²) in [6.45, 7) is -2.08. The van der Waals surface area contributed by atoms with Crippen LogP contribution in [0.4, 0.5) is 13.2 Å². The largest absolute Gasteiger partial charge is 0.411 e. The van der Waals surface area contributed by atoms with Gasteiger partial charge in [-0.25, -0.2) is 8.42 Å². The van der Waals surface area contributed by atoms with Crippen molar-refractivity contribution in [1.82, 2.24) is 5.16 Å². The van der Waals surface area contributed by atoms with Gasteiger partial charge in [0.25, 0.3) is 0 Å². The lowest BCUT2D eigenvalue weighted by Crippen LogP contribution is -2.18. The number of aromatic nitrogens is 1. The second-order valence-electron chi connectivity index (χ2n) is 6.71. The highest BCUT2D eigenvalue weighted by molar-refractivity contribution is 7.99. The Morgan fingerprint density at radius 1 is 1.31 bits per heavy atom. The van der Waals surface area contributed by atoms with E-state index in [1.807, 2.05) is 0 Å². The summed E-state index contributed by atoms with van der Waals surface area (Å²) < 4.78 is 71.8. The number of alkyl halides is 3. The van der Waals surface area contributed by atoms with Crippen molar-refractivity contribution in [1.29, 1.82) is 0 Å². The average Bonchev–Trinajstić information content (AvgIpc) is 3.35. The highest BCUT2D eigenvalue weighted by atomic mass is 32.2. The zero-order valence-corrected chi connectivity index (χ0v) is 17.2. The zero-order valence-electron chi connectivity index (χ0n) is 15.6. The molecule has 1 fully saturated rings. The molecule has 0 radical (unpaired) electrons. The maximum absolute atomic E-state index is 13.1. The molecular weight excluding hydrogens is 431 g/mol. The maximum atomic E-state index is 13.1. The van der Waals surface area contributed by atoms with Crippen LogP contribution in [-0.2, 0) is 21.2 Å². The van der Waals surface area contributed by atoms with Crippen molar-refractivity contribution < 1.29 is 35.6 Å². The molecule has 1 aromatic carbocycles. The van der Waals surface area contributed by atoms with Crippen LogP contribution in [0, 0.1) is 0 Å². The quantitative estimate of drug-likeness (QED) is 0.445. The minimum absolute atomic E-state index is 0.0639. The molecule has 0 atom stereocenters. The molecule has 0 unspecified atom stereocenters. The molecule has 0 aliphatic heterocycles. The van der Waals surface area contributed by atoms with Crippen LogP contribution in [0.5, 0.6) is 0 Å². The minimum Gasteiger partial charge on any atom is -0.367 e. The lowest BCUT2D eigenvalue weighted by molar-refractivity contribution is -0.176. The van der Waals surface area contributed by atoms with Crippen LogP contribution in [0.15, 0.2) is 32.6 Å². The van der Waals surface area contributed by atoms with Gasteiger partial charge in [0, 0.05) is 28.2 Å². The number of carbonyl (C=O) groups is 1. The summed E-state index contributed by atoms with van der Waals surface area (Å²) in [5.41, 5.74) is 0.385. The fourth-order valence-electron chi connectivity index (χ4n) is 2.95. The number of benzene rings is 1. The summed E-state index contributed by atoms with van der Waals surface area (Å²) >= 11 is 1.03. The van der Waals surface area contributed by atoms with Crippen LogP contribution in [0.2, 0.25) is 0 Å². The fourth-order valence-corrected chi connectivity index (χ4v) is 5.12. The molecule has 1 aliphatic carbocycles. The van der Waals surface area contributed by atoms with E-state index in [0.717, 1.165) is 30.9 Å². The van der Waals surface area contributed by atoms with Crippen molar-refractivity contribution in [3.63, 3.8) is 0 Å². The number of hydrogen-bond donors (Lipinski definition) is 0. The summed E-state index contributed by atoms with van der Waals surface area (Å²) in [6.07, 6.45) is 1.03. The Balaban J connectivity index is 2.07. The van der Waals surface area contributed by atoms with E-state index in [9.17, 15) is 26.4 Å². The van der Waals surface area contributed by atoms with Crippen LogP contribution < -0.4 is 0 Å². The van der Waals surface area contributed by atoms with Gasteiger partial charge >= 0.3 is 6.18 Å². The van der Waals surface area contributed by atoms with Gasteiger partial charge in [-0.2, -0.15) is 13.2 Å². The van der Waals surface area contributed by atoms with Crippen LogP contribution >= 0.6 is 11.8 Å². The number of sulfone groups is 1. The van der Waals surface area contributed by atoms with E-state index in [1.54, 1.807) is 6.26 Å². The number of thioether (sulfide) groups is 1. The molecule has 3 rings (SSSR count). The van der Waals surface area contributed by atoms with E-state index in [4.69, 9.17) is 9.26 Å². The Hall–Kier alpha value is -1.85. The molecule has 6 nitrogen and oxygen atoms in total. The number of hydrogen-bond acceptors (Lipinski definition) is 7. The Morgan fingerprint density at radius 2 is 2.00 bits per heavy atom. The number of halogens is 3. The summed E-state index contributed by atoms with van der Waals surface area (Å²) in [7, 11) is -3.67. The van der Waals surface area contributed by atoms with E-state index in [1.165, 1.54) is 18.3 Å². The average molecular weight is 449 g/mol. The molecule has 158 valence electrons. The second-order valence-corrected chi connectivity index (χ2v) is 9.51. The van der Waals surface area contributed by atoms with Gasteiger partial charge in [0.1, 0.15) is 6.61 Å². The van der Waals surface area contributed by atoms with Crippen molar-refractivity contribution in [2.24, 2.45) is 0 Å². The van der Waals surface area contributed by atoms with E-state index in [-0.39, 0.29) is 32.4 Å². The molecule has 29 heavy (non-hydrogen) atoms. The van der Waals surface area contributed by atoms with E-state index >= 15 is 0 Å². The summed E-state index contributed by atoms with van der Waals surface area (Å²) in [5, 5.41) is 3.68. The highest BCUT2D eigenvalue weighted by Crippen LogP contribution is 2.42. The standard InChI is InChI=1S/C18H18F3NO5S2/c1-28-17-13(8-26-9-18(19,20)21)11(5-6-14(17)29(2,24)25)15(23)12-7-22-27-16(12)10-3-4-10/h5-7,10H,3-4,8-9H2,1-2H3. The Labute approximate surface area is 169 Å². The van der Waals surface area contributed by atoms with E-state index < -0.39 is 35.0 Å². The van der Waals surface area contributed by atoms with E-state index in [0.29, 0.717) is 5.76 Å². The first kappa shape index (κ1) is 21.8. The van der Waals surface area contributed by atoms with E-state index in [2.05, 4.69) is 5.16 Å². The van der Waals surface area contributed by atoms with Crippen molar-refractivity contribution >= 4 is 27.4 Å². The molecule has 0 amide bonds. The first-order valence-corrected chi connectivity index (χ1v) is 11.7. The lowest BCUT2D eigenvalue weighted by Gasteiger charge is -2.17. The lowest BCUT2D eigenvalue weighted by atomic mass is 9.98. The Bertz CT molecular complexity index is 1030. The van der Waals surface area contributed by atoms with Crippen LogP contribution in [0.3, 0.4) is 0 Å². The molecular formula is C18H18F3NO5S2. The SMILES string of the molecule is CSc1c(S(C)(=O)=O)ccc(C(=O)c2cnoc2C2CC2)c1COCC(F)(F)F. The highest BCUT2D eigenvalue weighted by Gasteiger charge is 2.34. The molecule has 0 bridgehead atoms. The number of carbonyl (C=O) groups excluding carboxylic acids is 1. The smallest absolute Gasteiger partial charge is 0.367 e. The normalized spacial score (nSPS) is 14.9. The summed E-state index contributed by atoms with van der Waals surface area (Å²) in [6, 6.07) is 2.58. The van der Waals surface area contributed by atoms with Gasteiger partial charge in [-0.15, -0.1) is 11.8 Å². The minimum atomic E-state index is -4.55. The van der Waals surface area contributed by atoms with Crippen LogP contribution in [0.25, 0.3) is 0 Å². The van der Waals surface area contributed by atoms with Crippen LogP contribution in [-0.4, -0.2) is 44.7 Å². The number of rotatable bonds is 8. The second kappa shape index (κ2) is 8.11. The van der Waals surface area contributed by atoms with Crippen molar-refractivity contribution in [2.75, 3.05) is 19.1 Å². The van der Waals surface area contributed by atoms with Gasteiger partial charge in [-0.1, -0.05) is 5.16 Å². The van der Waals surface area contributed by atoms with Gasteiger partial charge in [-0.05, 0) is 31.2 Å². The monoisotopic (exact) mass is 449 g/mol. The third-order valence-corrected chi connectivity index (χ3v) is 6.52. The molecule has 1 saturated carbocycles. The summed E-state index contributed by atoms with van der Waals surface area (Å²) in [4.78, 5) is 13.2. The third-order valence-electron chi connectivity index (χ3n) is 4.38. The molecule has 0 N–H and O–H groups in total. The molecule has 0 spiro atoms. The first-order valence-electron chi connectivity index (χ1n) is 8.56. The predicted octanol–water partition coefficient (Wildman–Crippen LogP) is 3.99. The Morgan fingerprint density at radius 3 is 2.55 bits per heavy atom. The molecule has 11 heteroatoms. The maximum Gasteiger partial charge on any atom is 0.411 e. The number of nitrogens with zero attached hydrogens (tertiary/aromatic N) is 1. The number of ketones is 1. The number of ether oxygens (including phenoxy) is 1. The van der Waals surface area contributed by atoms with Crippen molar-refractivity contribution in [3.05, 3.63) is 40.8 Å². The molecule has 1 heterocycles. The van der Waals surface area contributed by atoms with Gasteiger partial charge < -0.3 is 9.26 Å². The Kier molecular flexibility index (Phi) is 6.11. The van der Waals surface area contributed by atoms with Crippen LogP contribution in [0.1, 0.15) is 46.0 Å². The topological polar surface area (TPSA) is 86.5 Å². The van der Waals surface area contributed by atoms with Gasteiger partial charge in [0.2, 0.25) is 0 Å². The molecule has 1 aromatic heterocycles. The van der Waals surface area contributed by atoms with Gasteiger partial charge in [0.15, 0.2) is 21.4 Å². The molecule has 1 aliphatic rings. The predicted molar refractivity (Wildman–Crippen MR) is 99.0 cm³/mol. The first-order chi connectivity index (χ1) is 13.5. The van der Waals surface area contributed by atoms with Crippen molar-refractivity contribution in [3.8, 4) is 0 Å². The zero-order chi connectivity index (χ0) is 21.4. The molecule has 0 saturated heterocycles. The van der Waals surface area contributed by atoms with Gasteiger partial charge in [0.05, 0.1) is 23.3 Å². The van der Waals surface area contributed by atoms with Gasteiger partial charge in [-0.3, -0.25) is 4.79 Å².